The number of carbonyl (C=O) groups is 11. The highest BCUT2D eigenvalue weighted by atomic mass is 35.5. The van der Waals surface area contributed by atoms with Crippen LogP contribution in [-0.2, 0) is 43.2 Å². The molecule has 6 rings (SSSR count). The molecule has 494 valence electrons. The van der Waals surface area contributed by atoms with Crippen molar-refractivity contribution < 1.29 is 57.5 Å². The number of carbonyl (C=O) groups excluding carboxylic acids is 11. The molecule has 0 aliphatic carbocycles. The SMILES string of the molecule is C=N/N=C(/C)N1CCN=C(c2ccc(Cl)cc2)c2c1sc(C(=O)NCCCCCCCCNC(=O)COc1cccc(C(=O)N(C=O)C3CCC(=O)NC3=O)c1C)c2C.C=O.CC.CC(=O)NCCCN1CCN(C)CC1.CC(CCC(=O)NC=O)N(C)C=O. The van der Waals surface area contributed by atoms with Gasteiger partial charge in [0.05, 0.1) is 17.1 Å². The fourth-order valence-corrected chi connectivity index (χ4v) is 10.8. The van der Waals surface area contributed by atoms with Crippen molar-refractivity contribution in [3.63, 3.8) is 0 Å². The maximum atomic E-state index is 13.5. The number of amidine groups is 1. The van der Waals surface area contributed by atoms with Gasteiger partial charge in [-0.25, -0.2) is 0 Å². The van der Waals surface area contributed by atoms with Crippen molar-refractivity contribution in [2.75, 3.05) is 91.0 Å². The Morgan fingerprint density at radius 2 is 1.49 bits per heavy atom. The molecule has 0 radical (unpaired) electrons. The smallest absolute Gasteiger partial charge is 0.261 e. The summed E-state index contributed by atoms with van der Waals surface area (Å²) in [7, 11) is 3.81. The number of hydrogen-bond donors (Lipinski definition) is 5. The summed E-state index contributed by atoms with van der Waals surface area (Å²) in [5.74, 6) is -1.59. The average molecular weight is 1290 g/mol. The predicted octanol–water partition coefficient (Wildman–Crippen LogP) is 5.50. The van der Waals surface area contributed by atoms with E-state index in [0.29, 0.717) is 72.5 Å². The number of rotatable bonds is 28. The van der Waals surface area contributed by atoms with Crippen molar-refractivity contribution in [3.05, 3.63) is 80.2 Å². The molecule has 3 aliphatic heterocycles. The van der Waals surface area contributed by atoms with Gasteiger partial charge in [0.15, 0.2) is 6.61 Å². The lowest BCUT2D eigenvalue weighted by molar-refractivity contribution is -0.139. The number of nitrogens with zero attached hydrogens (tertiary/aromatic N) is 8. The summed E-state index contributed by atoms with van der Waals surface area (Å²) >= 11 is 7.59. The first-order valence-electron chi connectivity index (χ1n) is 30.2. The van der Waals surface area contributed by atoms with Crippen LogP contribution in [0.25, 0.3) is 0 Å². The lowest BCUT2D eigenvalue weighted by Crippen LogP contribution is -2.53. The number of fused-ring (bicyclic) bond motifs is 1. The van der Waals surface area contributed by atoms with Crippen LogP contribution in [-0.4, -0.2) is 203 Å². The third-order valence-electron chi connectivity index (χ3n) is 14.6. The van der Waals surface area contributed by atoms with Gasteiger partial charge in [-0.15, -0.1) is 16.4 Å². The second kappa shape index (κ2) is 43.6. The molecule has 0 saturated carbocycles. The Morgan fingerprint density at radius 1 is 0.856 bits per heavy atom. The van der Waals surface area contributed by atoms with Gasteiger partial charge in [-0.3, -0.25) is 68.5 Å². The van der Waals surface area contributed by atoms with Gasteiger partial charge in [0.2, 0.25) is 42.9 Å². The van der Waals surface area contributed by atoms with Gasteiger partial charge < -0.3 is 45.1 Å². The van der Waals surface area contributed by atoms with Crippen LogP contribution < -0.4 is 36.2 Å². The average Bonchev–Trinajstić information content (AvgIpc) is 1.61. The number of aliphatic imine (C=N–C) groups is 1. The molecule has 2 aromatic carbocycles. The van der Waals surface area contributed by atoms with E-state index in [1.54, 1.807) is 33.0 Å². The van der Waals surface area contributed by atoms with Crippen LogP contribution in [0.15, 0.2) is 57.7 Å². The molecule has 3 aromatic rings. The fraction of sp³-hybridized carbons (Fsp3) is 0.524. The second-order valence-electron chi connectivity index (χ2n) is 21.0. The number of anilines is 1. The maximum Gasteiger partial charge on any atom is 0.261 e. The monoisotopic (exact) mass is 1290 g/mol. The van der Waals surface area contributed by atoms with Gasteiger partial charge in [0.25, 0.3) is 17.7 Å². The van der Waals surface area contributed by atoms with E-state index in [0.717, 1.165) is 103 Å². The lowest BCUT2D eigenvalue weighted by atomic mass is 9.99. The number of nitrogens with one attached hydrogen (secondary N) is 5. The van der Waals surface area contributed by atoms with E-state index in [4.69, 9.17) is 26.1 Å². The highest BCUT2D eigenvalue weighted by Gasteiger charge is 2.36. The van der Waals surface area contributed by atoms with Crippen LogP contribution in [0.4, 0.5) is 5.00 Å². The van der Waals surface area contributed by atoms with Gasteiger partial charge in [0.1, 0.15) is 29.4 Å². The Hall–Kier alpha value is -8.07. The minimum absolute atomic E-state index is 0.00917. The molecule has 90 heavy (non-hydrogen) atoms. The van der Waals surface area contributed by atoms with Crippen molar-refractivity contribution in [1.82, 2.24) is 46.2 Å². The molecule has 4 heterocycles. The molecule has 27 heteroatoms. The Bertz CT molecular complexity index is 2900. The van der Waals surface area contributed by atoms with Crippen molar-refractivity contribution in [3.8, 4) is 5.75 Å². The quantitative estimate of drug-likeness (QED) is 0.0150. The van der Waals surface area contributed by atoms with E-state index in [9.17, 15) is 47.9 Å². The third kappa shape index (κ3) is 26.6. The highest BCUT2D eigenvalue weighted by molar-refractivity contribution is 7.19. The number of likely N-dealkylation sites (N-methyl/N-ethyl adjacent to an activating group) is 1. The first kappa shape index (κ1) is 78.0. The van der Waals surface area contributed by atoms with Gasteiger partial charge in [-0.05, 0) is 103 Å². The van der Waals surface area contributed by atoms with E-state index in [1.165, 1.54) is 35.4 Å². The zero-order valence-electron chi connectivity index (χ0n) is 53.7. The highest BCUT2D eigenvalue weighted by Crippen LogP contribution is 2.39. The van der Waals surface area contributed by atoms with Crippen LogP contribution in [0.5, 0.6) is 5.75 Å². The largest absolute Gasteiger partial charge is 0.483 e. The number of unbranched alkanes of at least 4 members (excludes halogenated alkanes) is 5. The zero-order chi connectivity index (χ0) is 67.1. The number of ether oxygens (including phenoxy) is 1. The molecule has 2 saturated heterocycles. The predicted molar refractivity (Wildman–Crippen MR) is 352 cm³/mol. The summed E-state index contributed by atoms with van der Waals surface area (Å²) in [6.07, 6.45) is 8.74. The number of benzene rings is 2. The number of thiophene rings is 1. The number of hydrogen-bond acceptors (Lipinski definition) is 18. The first-order chi connectivity index (χ1) is 43.2. The maximum absolute atomic E-state index is 13.5. The van der Waals surface area contributed by atoms with E-state index < -0.39 is 23.8 Å². The van der Waals surface area contributed by atoms with Crippen LogP contribution in [0.1, 0.15) is 148 Å². The molecule has 2 unspecified atom stereocenters. The topological polar surface area (TPSA) is 310 Å². The fourth-order valence-electron chi connectivity index (χ4n) is 9.37. The Morgan fingerprint density at radius 3 is 2.09 bits per heavy atom. The molecule has 5 N–H and O–H groups in total. The Labute approximate surface area is 538 Å². The minimum Gasteiger partial charge on any atom is -0.483 e. The summed E-state index contributed by atoms with van der Waals surface area (Å²) in [6, 6.07) is 11.1. The number of piperidine rings is 1. The van der Waals surface area contributed by atoms with Gasteiger partial charge >= 0.3 is 0 Å². The second-order valence-corrected chi connectivity index (χ2v) is 22.4. The molecule has 2 fully saturated rings. The summed E-state index contributed by atoms with van der Waals surface area (Å²) in [4.78, 5) is 139. The number of amides is 10. The molecule has 0 bridgehead atoms. The van der Waals surface area contributed by atoms with Crippen molar-refractivity contribution in [2.45, 2.75) is 131 Å². The van der Waals surface area contributed by atoms with Gasteiger partial charge in [-0.1, -0.05) is 69.3 Å². The standard InChI is InChI=1S/C42H49ClN8O7S.C10H21N3O.C8H14N2O3.C2H6.CH2O/c1-26-31(41(57)51(25-52)32-18-19-34(53)48-39(32)55)12-11-13-33(26)58-24-35(54)45-20-9-7-5-6-8-10-21-47-40(56)38-27(2)36-37(29-14-16-30(43)17-15-29)46-22-23-50(42(36)59-38)28(3)49-44-4;1-10(14)11-4-3-5-13-8-6-12(2)7-9-13;1-7(10(2)6-12)3-4-8(13)9-5-11;2*1-2/h11-17,25,32H,4-10,18-24H2,1-3H3,(H,45,54)(H,47,56)(H,48,53,55);3-9H2,1-2H3,(H,11,14);5-7H,3-4H2,1-2H3,(H,9,11,13);1-2H3;1H2/b49-28-;;;;. The summed E-state index contributed by atoms with van der Waals surface area (Å²) in [5.41, 5.74) is 4.03. The van der Waals surface area contributed by atoms with Crippen LogP contribution in [0.2, 0.25) is 5.02 Å². The van der Waals surface area contributed by atoms with E-state index in [-0.39, 0.29) is 67.5 Å². The van der Waals surface area contributed by atoms with Crippen LogP contribution in [0.3, 0.4) is 0 Å². The minimum atomic E-state index is -1.09. The molecule has 0 spiro atoms. The molecule has 2 atom stereocenters. The van der Waals surface area contributed by atoms with Crippen LogP contribution in [0, 0.1) is 13.8 Å². The third-order valence-corrected chi connectivity index (χ3v) is 16.2. The zero-order valence-corrected chi connectivity index (χ0v) is 55.2. The van der Waals surface area contributed by atoms with Gasteiger partial charge in [-0.2, -0.15) is 5.10 Å². The molecular weight excluding hydrogens is 1200 g/mol. The number of piperazine rings is 1. The normalized spacial score (nSPS) is 14.9. The van der Waals surface area contributed by atoms with Gasteiger partial charge in [0, 0.05) is 119 Å². The summed E-state index contributed by atoms with van der Waals surface area (Å²) in [6.45, 7) is 26.8. The molecule has 1 aromatic heterocycles. The molecule has 10 amide bonds. The Balaban J connectivity index is 0.000000726. The van der Waals surface area contributed by atoms with Crippen LogP contribution >= 0.6 is 22.9 Å². The van der Waals surface area contributed by atoms with E-state index in [2.05, 4.69) is 55.0 Å². The first-order valence-corrected chi connectivity index (χ1v) is 31.4. The molecular formula is C63H92ClN13O12S. The van der Waals surface area contributed by atoms with Crippen molar-refractivity contribution in [1.29, 1.82) is 0 Å². The molecule has 3 aliphatic rings. The number of halogens is 1. The number of imide groups is 3. The van der Waals surface area contributed by atoms with E-state index in [1.807, 2.05) is 75.9 Å². The summed E-state index contributed by atoms with van der Waals surface area (Å²) < 4.78 is 5.70. The Kier molecular flexibility index (Phi) is 37.8. The lowest BCUT2D eigenvalue weighted by Gasteiger charge is -2.32. The van der Waals surface area contributed by atoms with E-state index >= 15 is 0 Å². The summed E-state index contributed by atoms with van der Waals surface area (Å²) in [5, 5.41) is 22.4. The van der Waals surface area contributed by atoms with Crippen molar-refractivity contribution >= 4 is 114 Å². The van der Waals surface area contributed by atoms with Crippen molar-refractivity contribution in [2.24, 2.45) is 15.2 Å². The molecule has 25 nitrogen and oxygen atoms in total.